The van der Waals surface area contributed by atoms with Crippen LogP contribution < -0.4 is 0 Å². The molecule has 0 aromatic rings. The highest BCUT2D eigenvalue weighted by molar-refractivity contribution is 4.62. The Labute approximate surface area is 84.9 Å². The van der Waals surface area contributed by atoms with E-state index in [1.165, 1.54) is 13.0 Å². The summed E-state index contributed by atoms with van der Waals surface area (Å²) in [6, 6.07) is 0.711. The summed E-state index contributed by atoms with van der Waals surface area (Å²) >= 11 is 0. The molecule has 2 nitrogen and oxygen atoms in total. The molecule has 0 aromatic heterocycles. The molecule has 0 rings (SSSR count). The van der Waals surface area contributed by atoms with E-state index in [0.717, 1.165) is 6.54 Å². The average molecular weight is 188 g/mol. The average Bonchev–Trinajstić information content (AvgIpc) is 2.16. The second kappa shape index (κ2) is 10.0. The highest BCUT2D eigenvalue weighted by Crippen LogP contribution is 2.00. The molecule has 1 atom stereocenters. The molecule has 0 aliphatic heterocycles. The minimum absolute atomic E-state index is 0.711. The molecule has 0 saturated carbocycles. The minimum Gasteiger partial charge on any atom is -0.309 e. The van der Waals surface area contributed by atoms with E-state index in [4.69, 9.17) is 0 Å². The van der Waals surface area contributed by atoms with Crippen LogP contribution in [0.25, 0.3) is 0 Å². The first-order valence-corrected chi connectivity index (χ1v) is 5.43. The molecule has 82 valence electrons. The van der Waals surface area contributed by atoms with Crippen molar-refractivity contribution in [1.29, 1.82) is 0 Å². The van der Waals surface area contributed by atoms with Crippen molar-refractivity contribution in [3.63, 3.8) is 0 Å². The van der Waals surface area contributed by atoms with Gasteiger partial charge in [0.25, 0.3) is 0 Å². The Bertz CT molecular complexity index is 92.1. The van der Waals surface area contributed by atoms with E-state index in [9.17, 15) is 0 Å². The third-order valence-corrected chi connectivity index (χ3v) is 2.25. The van der Waals surface area contributed by atoms with Gasteiger partial charge < -0.3 is 9.80 Å². The van der Waals surface area contributed by atoms with E-state index in [1.54, 1.807) is 0 Å². The van der Waals surface area contributed by atoms with Crippen molar-refractivity contribution in [2.75, 3.05) is 34.2 Å². The van der Waals surface area contributed by atoms with Crippen LogP contribution in [-0.2, 0) is 0 Å². The second-order valence-electron chi connectivity index (χ2n) is 3.51. The summed E-state index contributed by atoms with van der Waals surface area (Å²) in [5.74, 6) is 0. The molecule has 0 bridgehead atoms. The topological polar surface area (TPSA) is 6.48 Å². The monoisotopic (exact) mass is 188 g/mol. The van der Waals surface area contributed by atoms with Crippen LogP contribution in [0.15, 0.2) is 0 Å². The molecule has 0 aliphatic rings. The molecule has 1 unspecified atom stereocenters. The summed E-state index contributed by atoms with van der Waals surface area (Å²) < 4.78 is 0. The Kier molecular flexibility index (Phi) is 11.8. The first-order valence-electron chi connectivity index (χ1n) is 5.43. The summed E-state index contributed by atoms with van der Waals surface area (Å²) in [6.45, 7) is 10.8. The van der Waals surface area contributed by atoms with Crippen molar-refractivity contribution in [3.8, 4) is 0 Å². The van der Waals surface area contributed by atoms with Gasteiger partial charge in [-0.05, 0) is 47.6 Å². The predicted molar refractivity (Wildman–Crippen MR) is 62.3 cm³/mol. The molecule has 0 aromatic carbocycles. The van der Waals surface area contributed by atoms with Gasteiger partial charge in [0.1, 0.15) is 0 Å². The van der Waals surface area contributed by atoms with Gasteiger partial charge in [0.05, 0.1) is 0 Å². The lowest BCUT2D eigenvalue weighted by molar-refractivity contribution is 0.237. The van der Waals surface area contributed by atoms with Gasteiger partial charge >= 0.3 is 0 Å². The zero-order chi connectivity index (χ0) is 10.9. The minimum atomic E-state index is 0.711. The van der Waals surface area contributed by atoms with Crippen LogP contribution in [0.3, 0.4) is 0 Å². The van der Waals surface area contributed by atoms with E-state index >= 15 is 0 Å². The molecular weight excluding hydrogens is 160 g/mol. The maximum atomic E-state index is 2.38. The fourth-order valence-corrected chi connectivity index (χ4v) is 0.977. The van der Waals surface area contributed by atoms with Crippen molar-refractivity contribution >= 4 is 0 Å². The lowest BCUT2D eigenvalue weighted by atomic mass is 10.2. The fraction of sp³-hybridized carbons (Fsp3) is 1.00. The summed E-state index contributed by atoms with van der Waals surface area (Å²) in [7, 11) is 6.43. The highest BCUT2D eigenvalue weighted by Gasteiger charge is 2.06. The largest absolute Gasteiger partial charge is 0.309 e. The van der Waals surface area contributed by atoms with Gasteiger partial charge in [-0.3, -0.25) is 0 Å². The molecule has 0 fully saturated rings. The summed E-state index contributed by atoms with van der Waals surface area (Å²) in [5, 5.41) is 0. The van der Waals surface area contributed by atoms with Crippen LogP contribution in [0.1, 0.15) is 34.1 Å². The molecule has 13 heavy (non-hydrogen) atoms. The van der Waals surface area contributed by atoms with Crippen molar-refractivity contribution in [2.24, 2.45) is 0 Å². The van der Waals surface area contributed by atoms with Gasteiger partial charge in [0, 0.05) is 6.04 Å². The Morgan fingerprint density at radius 1 is 1.08 bits per heavy atom. The number of rotatable bonds is 5. The molecule has 0 N–H and O–H groups in total. The third kappa shape index (κ3) is 9.84. The van der Waals surface area contributed by atoms with Crippen molar-refractivity contribution in [2.45, 2.75) is 40.2 Å². The number of hydrogen-bond donors (Lipinski definition) is 0. The van der Waals surface area contributed by atoms with Gasteiger partial charge in [-0.2, -0.15) is 0 Å². The maximum Gasteiger partial charge on any atom is 0.00759 e. The smallest absolute Gasteiger partial charge is 0.00759 e. The summed E-state index contributed by atoms with van der Waals surface area (Å²) in [6.07, 6.45) is 1.26. The standard InChI is InChI=1S/C9H22N2.C2H6/c1-6-11(5)9(2)7-8-10(3)4;1-2/h9H,6-8H2,1-5H3;1-2H3. The van der Waals surface area contributed by atoms with Crippen LogP contribution in [0.2, 0.25) is 0 Å². The lowest BCUT2D eigenvalue weighted by Gasteiger charge is -2.24. The van der Waals surface area contributed by atoms with Crippen molar-refractivity contribution in [1.82, 2.24) is 9.80 Å². The zero-order valence-corrected chi connectivity index (χ0v) is 10.6. The molecule has 0 aliphatic carbocycles. The van der Waals surface area contributed by atoms with E-state index in [0.29, 0.717) is 6.04 Å². The van der Waals surface area contributed by atoms with Crippen molar-refractivity contribution < 1.29 is 0 Å². The van der Waals surface area contributed by atoms with E-state index in [1.807, 2.05) is 13.8 Å². The summed E-state index contributed by atoms with van der Waals surface area (Å²) in [4.78, 5) is 4.61. The van der Waals surface area contributed by atoms with E-state index in [2.05, 4.69) is 44.8 Å². The number of nitrogens with zero attached hydrogens (tertiary/aromatic N) is 2. The fourth-order valence-electron chi connectivity index (χ4n) is 0.977. The zero-order valence-electron chi connectivity index (χ0n) is 10.6. The maximum absolute atomic E-state index is 2.38. The molecule has 0 heterocycles. The Hall–Kier alpha value is -0.0800. The first kappa shape index (κ1) is 15.4. The Balaban J connectivity index is 0. The van der Waals surface area contributed by atoms with Gasteiger partial charge in [0.15, 0.2) is 0 Å². The SMILES string of the molecule is CC.CCN(C)C(C)CCN(C)C. The number of hydrogen-bond acceptors (Lipinski definition) is 2. The van der Waals surface area contributed by atoms with Crippen LogP contribution in [-0.4, -0.2) is 50.1 Å². The Morgan fingerprint density at radius 3 is 1.85 bits per heavy atom. The summed E-state index contributed by atoms with van der Waals surface area (Å²) in [5.41, 5.74) is 0. The third-order valence-electron chi connectivity index (χ3n) is 2.25. The highest BCUT2D eigenvalue weighted by atomic mass is 15.1. The predicted octanol–water partition coefficient (Wildman–Crippen LogP) is 2.30. The van der Waals surface area contributed by atoms with Crippen LogP contribution in [0.4, 0.5) is 0 Å². The van der Waals surface area contributed by atoms with Crippen LogP contribution >= 0.6 is 0 Å². The van der Waals surface area contributed by atoms with E-state index in [-0.39, 0.29) is 0 Å². The molecule has 0 radical (unpaired) electrons. The normalized spacial score (nSPS) is 12.7. The molecule has 0 amide bonds. The van der Waals surface area contributed by atoms with Crippen LogP contribution in [0, 0.1) is 0 Å². The molecule has 0 spiro atoms. The molecular formula is C11H28N2. The first-order chi connectivity index (χ1) is 6.07. The van der Waals surface area contributed by atoms with Gasteiger partial charge in [-0.1, -0.05) is 20.8 Å². The van der Waals surface area contributed by atoms with Gasteiger partial charge in [-0.15, -0.1) is 0 Å². The van der Waals surface area contributed by atoms with Crippen molar-refractivity contribution in [3.05, 3.63) is 0 Å². The second-order valence-corrected chi connectivity index (χ2v) is 3.51. The van der Waals surface area contributed by atoms with E-state index < -0.39 is 0 Å². The van der Waals surface area contributed by atoms with Crippen LogP contribution in [0.5, 0.6) is 0 Å². The van der Waals surface area contributed by atoms with Gasteiger partial charge in [-0.25, -0.2) is 0 Å². The quantitative estimate of drug-likeness (QED) is 0.653. The molecule has 0 saturated heterocycles. The Morgan fingerprint density at radius 2 is 1.54 bits per heavy atom. The van der Waals surface area contributed by atoms with Gasteiger partial charge in [0.2, 0.25) is 0 Å². The molecule has 2 heteroatoms. The lowest BCUT2D eigenvalue weighted by Crippen LogP contribution is -2.31.